The first kappa shape index (κ1) is 19.3. The monoisotopic (exact) mass is 348 g/mol. The molecule has 3 rings (SSSR count). The molecule has 126 valence electrons. The van der Waals surface area contributed by atoms with Crippen molar-refractivity contribution < 1.29 is 4.79 Å². The molecule has 1 aliphatic heterocycles. The summed E-state index contributed by atoms with van der Waals surface area (Å²) in [6.07, 6.45) is 10.2. The van der Waals surface area contributed by atoms with E-state index in [0.717, 1.165) is 26.1 Å². The lowest BCUT2D eigenvalue weighted by atomic mass is 9.67. The molecule has 7 heteroatoms. The number of nitrogens with zero attached hydrogens (tertiary/aromatic N) is 2. The van der Waals surface area contributed by atoms with Gasteiger partial charge in [-0.3, -0.25) is 4.79 Å². The molecule has 1 aliphatic carbocycles. The standard InChI is InChI=1S/C15H24N4O.2ClH/c1-12(9-19-7-6-16-11-19)18-14(20)15-5-3-2-4-13(15)8-17-10-15;;/h6-7,11-13,17H,2-5,8-10H2,1H3,(H,18,20);2*1H/t12?,13-,15+;;/m0../s1. The molecule has 3 atom stereocenters. The van der Waals surface area contributed by atoms with Crippen LogP contribution in [0.2, 0.25) is 0 Å². The first-order chi connectivity index (χ1) is 9.71. The minimum Gasteiger partial charge on any atom is -0.351 e. The fourth-order valence-electron chi connectivity index (χ4n) is 3.81. The van der Waals surface area contributed by atoms with Gasteiger partial charge in [-0.1, -0.05) is 12.8 Å². The number of carbonyl (C=O) groups excluding carboxylic acids is 1. The molecule has 5 nitrogen and oxygen atoms in total. The van der Waals surface area contributed by atoms with Crippen molar-refractivity contribution >= 4 is 30.7 Å². The Morgan fingerprint density at radius 2 is 2.32 bits per heavy atom. The first-order valence-electron chi connectivity index (χ1n) is 7.68. The van der Waals surface area contributed by atoms with Crippen molar-refractivity contribution in [1.82, 2.24) is 20.2 Å². The fraction of sp³-hybridized carbons (Fsp3) is 0.733. The number of halogens is 2. The number of hydrogen-bond donors (Lipinski definition) is 2. The van der Waals surface area contributed by atoms with Gasteiger partial charge in [0.05, 0.1) is 11.7 Å². The molecule has 1 aromatic rings. The van der Waals surface area contributed by atoms with Gasteiger partial charge in [0, 0.05) is 31.5 Å². The molecule has 2 N–H and O–H groups in total. The van der Waals surface area contributed by atoms with Crippen LogP contribution in [-0.4, -0.2) is 34.6 Å². The Labute approximate surface area is 144 Å². The van der Waals surface area contributed by atoms with E-state index in [2.05, 4.69) is 22.5 Å². The Morgan fingerprint density at radius 1 is 1.50 bits per heavy atom. The van der Waals surface area contributed by atoms with Crippen molar-refractivity contribution in [3.05, 3.63) is 18.7 Å². The highest BCUT2D eigenvalue weighted by atomic mass is 35.5. The zero-order valence-corrected chi connectivity index (χ0v) is 14.6. The molecule has 0 aromatic carbocycles. The van der Waals surface area contributed by atoms with E-state index in [4.69, 9.17) is 0 Å². The number of imidazole rings is 1. The van der Waals surface area contributed by atoms with Gasteiger partial charge >= 0.3 is 0 Å². The number of aromatic nitrogens is 2. The SMILES string of the molecule is CC(Cn1ccnc1)NC(=O)[C@@]12CCCC[C@H]1CNC2.Cl.Cl. The zero-order chi connectivity index (χ0) is 14.0. The normalized spacial score (nSPS) is 28.0. The van der Waals surface area contributed by atoms with Crippen LogP contribution in [0.4, 0.5) is 0 Å². The van der Waals surface area contributed by atoms with Crippen molar-refractivity contribution in [3.8, 4) is 0 Å². The lowest BCUT2D eigenvalue weighted by Crippen LogP contribution is -2.50. The van der Waals surface area contributed by atoms with Crippen molar-refractivity contribution in [2.75, 3.05) is 13.1 Å². The van der Waals surface area contributed by atoms with Crippen LogP contribution in [0, 0.1) is 11.3 Å². The molecule has 2 fully saturated rings. The summed E-state index contributed by atoms with van der Waals surface area (Å²) in [5, 5.41) is 6.65. The summed E-state index contributed by atoms with van der Waals surface area (Å²) < 4.78 is 2.01. The van der Waals surface area contributed by atoms with Crippen molar-refractivity contribution in [1.29, 1.82) is 0 Å². The first-order valence-corrected chi connectivity index (χ1v) is 7.68. The molecule has 0 spiro atoms. The van der Waals surface area contributed by atoms with Crippen LogP contribution in [0.15, 0.2) is 18.7 Å². The predicted molar refractivity (Wildman–Crippen MR) is 91.6 cm³/mol. The lowest BCUT2D eigenvalue weighted by Gasteiger charge is -2.38. The summed E-state index contributed by atoms with van der Waals surface area (Å²) in [5.74, 6) is 0.775. The lowest BCUT2D eigenvalue weighted by molar-refractivity contribution is -0.134. The molecule has 0 radical (unpaired) electrons. The summed E-state index contributed by atoms with van der Waals surface area (Å²) in [6.45, 7) is 4.69. The second-order valence-electron chi connectivity index (χ2n) is 6.36. The largest absolute Gasteiger partial charge is 0.351 e. The van der Waals surface area contributed by atoms with E-state index in [1.54, 1.807) is 12.5 Å². The summed E-state index contributed by atoms with van der Waals surface area (Å²) in [7, 11) is 0. The van der Waals surface area contributed by atoms with E-state index in [-0.39, 0.29) is 42.2 Å². The predicted octanol–water partition coefficient (Wildman–Crippen LogP) is 2.01. The maximum Gasteiger partial charge on any atom is 0.228 e. The van der Waals surface area contributed by atoms with Crippen LogP contribution < -0.4 is 10.6 Å². The number of carbonyl (C=O) groups is 1. The number of nitrogens with one attached hydrogen (secondary N) is 2. The molecule has 22 heavy (non-hydrogen) atoms. The van der Waals surface area contributed by atoms with Crippen LogP contribution in [0.3, 0.4) is 0 Å². The van der Waals surface area contributed by atoms with E-state index in [0.29, 0.717) is 5.92 Å². The average molecular weight is 349 g/mol. The van der Waals surface area contributed by atoms with Crippen molar-refractivity contribution in [2.45, 2.75) is 45.2 Å². The highest BCUT2D eigenvalue weighted by molar-refractivity contribution is 5.85. The van der Waals surface area contributed by atoms with Gasteiger partial charge in [0.2, 0.25) is 5.91 Å². The van der Waals surface area contributed by atoms with Gasteiger partial charge in [0.25, 0.3) is 0 Å². The third-order valence-corrected chi connectivity index (χ3v) is 4.91. The topological polar surface area (TPSA) is 59.0 Å². The van der Waals surface area contributed by atoms with Gasteiger partial charge in [-0.25, -0.2) is 4.98 Å². The van der Waals surface area contributed by atoms with Gasteiger partial charge < -0.3 is 15.2 Å². The third kappa shape index (κ3) is 3.76. The average Bonchev–Trinajstić information content (AvgIpc) is 3.07. The third-order valence-electron chi connectivity index (χ3n) is 4.91. The number of hydrogen-bond acceptors (Lipinski definition) is 3. The minimum absolute atomic E-state index is 0. The van der Waals surface area contributed by atoms with Gasteiger partial charge in [0.1, 0.15) is 0 Å². The molecule has 2 heterocycles. The molecule has 1 aromatic heterocycles. The highest BCUT2D eigenvalue weighted by Crippen LogP contribution is 2.43. The summed E-state index contributed by atoms with van der Waals surface area (Å²) in [5.41, 5.74) is -0.151. The Morgan fingerprint density at radius 3 is 3.05 bits per heavy atom. The van der Waals surface area contributed by atoms with Gasteiger partial charge in [0.15, 0.2) is 0 Å². The minimum atomic E-state index is -0.151. The maximum absolute atomic E-state index is 12.8. The molecule has 1 saturated heterocycles. The van der Waals surface area contributed by atoms with E-state index in [9.17, 15) is 4.79 Å². The molecular formula is C15H26Cl2N4O. The van der Waals surface area contributed by atoms with Crippen LogP contribution in [0.5, 0.6) is 0 Å². The van der Waals surface area contributed by atoms with Crippen LogP contribution >= 0.6 is 24.8 Å². The Kier molecular flexibility index (Phi) is 7.16. The van der Waals surface area contributed by atoms with Gasteiger partial charge in [-0.15, -0.1) is 24.8 Å². The summed E-state index contributed by atoms with van der Waals surface area (Å²) in [4.78, 5) is 16.8. The van der Waals surface area contributed by atoms with Crippen LogP contribution in [0.1, 0.15) is 32.6 Å². The quantitative estimate of drug-likeness (QED) is 0.874. The Bertz CT molecular complexity index is 468. The summed E-state index contributed by atoms with van der Waals surface area (Å²) >= 11 is 0. The summed E-state index contributed by atoms with van der Waals surface area (Å²) in [6, 6.07) is 0.134. The fourth-order valence-corrected chi connectivity index (χ4v) is 3.81. The zero-order valence-electron chi connectivity index (χ0n) is 13.0. The van der Waals surface area contributed by atoms with E-state index >= 15 is 0 Å². The Hall–Kier alpha value is -0.780. The van der Waals surface area contributed by atoms with Crippen molar-refractivity contribution in [3.63, 3.8) is 0 Å². The number of amides is 1. The second kappa shape index (κ2) is 8.18. The van der Waals surface area contributed by atoms with E-state index < -0.39 is 0 Å². The molecule has 1 amide bonds. The smallest absolute Gasteiger partial charge is 0.228 e. The highest BCUT2D eigenvalue weighted by Gasteiger charge is 2.49. The second-order valence-corrected chi connectivity index (χ2v) is 6.36. The number of rotatable bonds is 4. The van der Waals surface area contributed by atoms with Gasteiger partial charge in [-0.05, 0) is 32.2 Å². The number of fused-ring (bicyclic) bond motifs is 1. The maximum atomic E-state index is 12.8. The molecular weight excluding hydrogens is 323 g/mol. The van der Waals surface area contributed by atoms with E-state index in [1.165, 1.54) is 19.3 Å². The molecule has 2 aliphatic rings. The molecule has 1 saturated carbocycles. The van der Waals surface area contributed by atoms with Crippen LogP contribution in [0.25, 0.3) is 0 Å². The molecule has 1 unspecified atom stereocenters. The molecule has 0 bridgehead atoms. The van der Waals surface area contributed by atoms with Crippen LogP contribution in [-0.2, 0) is 11.3 Å². The Balaban J connectivity index is 0.00000121. The van der Waals surface area contributed by atoms with Gasteiger partial charge in [-0.2, -0.15) is 0 Å². The van der Waals surface area contributed by atoms with E-state index in [1.807, 2.05) is 10.8 Å². The van der Waals surface area contributed by atoms with Crippen molar-refractivity contribution in [2.24, 2.45) is 11.3 Å².